The third-order valence-corrected chi connectivity index (χ3v) is 2.91. The number of benzene rings is 1. The molecule has 2 nitrogen and oxygen atoms in total. The summed E-state index contributed by atoms with van der Waals surface area (Å²) in [4.78, 5) is 0. The van der Waals surface area contributed by atoms with Gasteiger partial charge in [0.15, 0.2) is 0 Å². The minimum absolute atomic E-state index is 0. The Labute approximate surface area is 101 Å². The van der Waals surface area contributed by atoms with E-state index < -0.39 is 6.10 Å². The Kier molecular flexibility index (Phi) is 3.94. The number of aliphatic hydroxyl groups is 1. The Balaban J connectivity index is 0.00000128. The number of hydrogen-bond donors (Lipinski definition) is 2. The Morgan fingerprint density at radius 2 is 2.00 bits per heavy atom. The van der Waals surface area contributed by atoms with Crippen LogP contribution in [0.3, 0.4) is 0 Å². The lowest BCUT2D eigenvalue weighted by Gasteiger charge is -2.46. The van der Waals surface area contributed by atoms with Crippen molar-refractivity contribution in [2.75, 3.05) is 0 Å². The van der Waals surface area contributed by atoms with Crippen LogP contribution in [0.5, 0.6) is 0 Å². The summed E-state index contributed by atoms with van der Waals surface area (Å²) in [5.74, 6) is -0.337. The third kappa shape index (κ3) is 2.54. The van der Waals surface area contributed by atoms with Crippen molar-refractivity contribution < 1.29 is 9.50 Å². The molecule has 0 aliphatic carbocycles. The SMILES string of the molecule is CC1(C)C[C@H]([C@@H](O)c2ccccc2F)N1.Cl. The van der Waals surface area contributed by atoms with Crippen molar-refractivity contribution in [1.82, 2.24) is 5.32 Å². The first-order valence-corrected chi connectivity index (χ1v) is 5.20. The van der Waals surface area contributed by atoms with Crippen LogP contribution in [0.1, 0.15) is 31.9 Å². The highest BCUT2D eigenvalue weighted by atomic mass is 35.5. The van der Waals surface area contributed by atoms with E-state index in [-0.39, 0.29) is 29.8 Å². The Morgan fingerprint density at radius 1 is 1.44 bits per heavy atom. The number of nitrogens with one attached hydrogen (secondary N) is 1. The average Bonchev–Trinajstić information content (AvgIpc) is 2.14. The number of rotatable bonds is 2. The largest absolute Gasteiger partial charge is 0.387 e. The molecular formula is C12H17ClFNO. The summed E-state index contributed by atoms with van der Waals surface area (Å²) in [5, 5.41) is 13.2. The van der Waals surface area contributed by atoms with Gasteiger partial charge >= 0.3 is 0 Å². The normalized spacial score (nSPS) is 24.1. The topological polar surface area (TPSA) is 32.3 Å². The maximum absolute atomic E-state index is 13.4. The smallest absolute Gasteiger partial charge is 0.129 e. The van der Waals surface area contributed by atoms with Crippen LogP contribution in [0.4, 0.5) is 4.39 Å². The molecular weight excluding hydrogens is 229 g/mol. The van der Waals surface area contributed by atoms with Gasteiger partial charge in [-0.05, 0) is 26.3 Å². The molecule has 1 aromatic rings. The average molecular weight is 246 g/mol. The van der Waals surface area contributed by atoms with E-state index in [9.17, 15) is 9.50 Å². The minimum atomic E-state index is -0.751. The summed E-state index contributed by atoms with van der Waals surface area (Å²) in [5.41, 5.74) is 0.446. The Hall–Kier alpha value is -0.640. The molecule has 1 aromatic carbocycles. The highest BCUT2D eigenvalue weighted by Crippen LogP contribution is 2.32. The number of halogens is 2. The predicted octanol–water partition coefficient (Wildman–Crippen LogP) is 2.42. The first-order chi connectivity index (χ1) is 6.99. The molecule has 0 radical (unpaired) electrons. The molecule has 2 rings (SSSR count). The van der Waals surface area contributed by atoms with Gasteiger partial charge in [0.1, 0.15) is 5.82 Å². The van der Waals surface area contributed by atoms with E-state index in [1.807, 2.05) is 0 Å². The van der Waals surface area contributed by atoms with Gasteiger partial charge in [0.25, 0.3) is 0 Å². The summed E-state index contributed by atoms with van der Waals surface area (Å²) in [6.07, 6.45) is 0.113. The van der Waals surface area contributed by atoms with Crippen molar-refractivity contribution in [3.8, 4) is 0 Å². The second kappa shape index (κ2) is 4.70. The van der Waals surface area contributed by atoms with Gasteiger partial charge in [0.2, 0.25) is 0 Å². The lowest BCUT2D eigenvalue weighted by atomic mass is 9.80. The maximum Gasteiger partial charge on any atom is 0.129 e. The van der Waals surface area contributed by atoms with Crippen molar-refractivity contribution in [2.45, 2.75) is 38.0 Å². The quantitative estimate of drug-likeness (QED) is 0.839. The second-order valence-corrected chi connectivity index (χ2v) is 4.81. The zero-order valence-corrected chi connectivity index (χ0v) is 10.2. The highest BCUT2D eigenvalue weighted by Gasteiger charge is 2.40. The summed E-state index contributed by atoms with van der Waals surface area (Å²) < 4.78 is 13.4. The molecule has 0 bridgehead atoms. The molecule has 0 amide bonds. The van der Waals surface area contributed by atoms with Crippen molar-refractivity contribution in [2.24, 2.45) is 0 Å². The van der Waals surface area contributed by atoms with E-state index in [1.165, 1.54) is 6.07 Å². The fourth-order valence-electron chi connectivity index (χ4n) is 2.15. The molecule has 4 heteroatoms. The molecule has 0 unspecified atom stereocenters. The maximum atomic E-state index is 13.4. The zero-order chi connectivity index (χ0) is 11.1. The van der Waals surface area contributed by atoms with Crippen LogP contribution in [-0.2, 0) is 0 Å². The minimum Gasteiger partial charge on any atom is -0.387 e. The highest BCUT2D eigenvalue weighted by molar-refractivity contribution is 5.85. The number of hydrogen-bond acceptors (Lipinski definition) is 2. The van der Waals surface area contributed by atoms with Gasteiger partial charge in [-0.25, -0.2) is 4.39 Å². The molecule has 2 N–H and O–H groups in total. The fraction of sp³-hybridized carbons (Fsp3) is 0.500. The molecule has 1 heterocycles. The van der Waals surface area contributed by atoms with Crippen molar-refractivity contribution >= 4 is 12.4 Å². The molecule has 0 aromatic heterocycles. The molecule has 2 atom stereocenters. The van der Waals surface area contributed by atoms with E-state index in [0.29, 0.717) is 5.56 Å². The Bertz CT molecular complexity index is 362. The first kappa shape index (κ1) is 13.4. The standard InChI is InChI=1S/C12H16FNO.ClH/c1-12(2)7-10(14-12)11(15)8-5-3-4-6-9(8)13;/h3-6,10-11,14-15H,7H2,1-2H3;1H/t10-,11+;/m1./s1. The lowest BCUT2D eigenvalue weighted by Crippen LogP contribution is -2.62. The van der Waals surface area contributed by atoms with Crippen LogP contribution in [-0.4, -0.2) is 16.7 Å². The summed E-state index contributed by atoms with van der Waals surface area (Å²) in [7, 11) is 0. The van der Waals surface area contributed by atoms with Gasteiger partial charge in [-0.15, -0.1) is 12.4 Å². The van der Waals surface area contributed by atoms with Gasteiger partial charge < -0.3 is 10.4 Å². The van der Waals surface area contributed by atoms with Crippen molar-refractivity contribution in [3.63, 3.8) is 0 Å². The molecule has 16 heavy (non-hydrogen) atoms. The van der Waals surface area contributed by atoms with Gasteiger partial charge in [-0.3, -0.25) is 0 Å². The van der Waals surface area contributed by atoms with Gasteiger partial charge in [0.05, 0.1) is 6.10 Å². The molecule has 1 saturated heterocycles. The fourth-order valence-corrected chi connectivity index (χ4v) is 2.15. The van der Waals surface area contributed by atoms with Crippen LogP contribution >= 0.6 is 12.4 Å². The zero-order valence-electron chi connectivity index (χ0n) is 9.40. The molecule has 1 aliphatic rings. The lowest BCUT2D eigenvalue weighted by molar-refractivity contribution is 0.0369. The van der Waals surface area contributed by atoms with Crippen LogP contribution in [0.2, 0.25) is 0 Å². The molecule has 0 saturated carbocycles. The van der Waals surface area contributed by atoms with Crippen LogP contribution < -0.4 is 5.32 Å². The van der Waals surface area contributed by atoms with Gasteiger partial charge in [-0.1, -0.05) is 18.2 Å². The molecule has 0 spiro atoms. The number of aliphatic hydroxyl groups excluding tert-OH is 1. The van der Waals surface area contributed by atoms with Crippen molar-refractivity contribution in [3.05, 3.63) is 35.6 Å². The van der Waals surface area contributed by atoms with Gasteiger partial charge in [0, 0.05) is 17.1 Å². The Morgan fingerprint density at radius 3 is 2.50 bits per heavy atom. The predicted molar refractivity (Wildman–Crippen MR) is 64.2 cm³/mol. The summed E-state index contributed by atoms with van der Waals surface area (Å²) in [6.45, 7) is 4.13. The second-order valence-electron chi connectivity index (χ2n) is 4.81. The summed E-state index contributed by atoms with van der Waals surface area (Å²) in [6, 6.07) is 6.35. The van der Waals surface area contributed by atoms with E-state index in [1.54, 1.807) is 18.2 Å². The van der Waals surface area contributed by atoms with E-state index in [0.717, 1.165) is 6.42 Å². The van der Waals surface area contributed by atoms with E-state index in [4.69, 9.17) is 0 Å². The van der Waals surface area contributed by atoms with Crippen LogP contribution in [0.15, 0.2) is 24.3 Å². The van der Waals surface area contributed by atoms with E-state index >= 15 is 0 Å². The van der Waals surface area contributed by atoms with Crippen molar-refractivity contribution in [1.29, 1.82) is 0 Å². The van der Waals surface area contributed by atoms with Crippen LogP contribution in [0, 0.1) is 5.82 Å². The van der Waals surface area contributed by atoms with E-state index in [2.05, 4.69) is 19.2 Å². The third-order valence-electron chi connectivity index (χ3n) is 2.91. The van der Waals surface area contributed by atoms with Crippen LogP contribution in [0.25, 0.3) is 0 Å². The molecule has 1 fully saturated rings. The summed E-state index contributed by atoms with van der Waals surface area (Å²) >= 11 is 0. The molecule has 90 valence electrons. The van der Waals surface area contributed by atoms with Gasteiger partial charge in [-0.2, -0.15) is 0 Å². The first-order valence-electron chi connectivity index (χ1n) is 5.20. The molecule has 1 aliphatic heterocycles. The monoisotopic (exact) mass is 245 g/mol.